The first-order valence-electron chi connectivity index (χ1n) is 8.40. The van der Waals surface area contributed by atoms with Crippen LogP contribution in [0.5, 0.6) is 0 Å². The van der Waals surface area contributed by atoms with E-state index < -0.39 is 0 Å². The third kappa shape index (κ3) is 4.94. The van der Waals surface area contributed by atoms with Gasteiger partial charge in [-0.3, -0.25) is 4.90 Å². The Hall–Kier alpha value is -1.59. The predicted octanol–water partition coefficient (Wildman–Crippen LogP) is 1.92. The summed E-state index contributed by atoms with van der Waals surface area (Å²) in [6.45, 7) is 6.74. The average molecular weight is 319 g/mol. The molecule has 1 aliphatic rings. The lowest BCUT2D eigenvalue weighted by atomic mass is 10.1. The minimum atomic E-state index is -0.160. The Morgan fingerprint density at radius 3 is 2.78 bits per heavy atom. The molecule has 23 heavy (non-hydrogen) atoms. The number of likely N-dealkylation sites (N-methyl/N-ethyl adjacent to an activating group) is 1. The summed E-state index contributed by atoms with van der Waals surface area (Å²) in [5, 5.41) is 12.1. The van der Waals surface area contributed by atoms with Crippen LogP contribution in [0, 0.1) is 5.92 Å². The van der Waals surface area contributed by atoms with E-state index in [1.807, 2.05) is 13.0 Å². The van der Waals surface area contributed by atoms with Gasteiger partial charge in [-0.05, 0) is 31.7 Å². The Kier molecular flexibility index (Phi) is 6.42. The number of aliphatic hydroxyl groups is 1. The van der Waals surface area contributed by atoms with Crippen LogP contribution in [0.15, 0.2) is 30.3 Å². The van der Waals surface area contributed by atoms with E-state index in [0.717, 1.165) is 19.5 Å². The van der Waals surface area contributed by atoms with Crippen molar-refractivity contribution in [3.8, 4) is 0 Å². The second kappa shape index (κ2) is 8.31. The molecule has 2 N–H and O–H groups in total. The predicted molar refractivity (Wildman–Crippen MR) is 92.1 cm³/mol. The van der Waals surface area contributed by atoms with E-state index in [0.29, 0.717) is 18.5 Å². The third-order valence-electron chi connectivity index (χ3n) is 4.81. The molecule has 1 saturated heterocycles. The number of carbonyl (C=O) groups is 1. The van der Waals surface area contributed by atoms with Crippen molar-refractivity contribution in [2.45, 2.75) is 38.9 Å². The van der Waals surface area contributed by atoms with Gasteiger partial charge in [0.05, 0.1) is 12.6 Å². The van der Waals surface area contributed by atoms with Crippen molar-refractivity contribution >= 4 is 6.03 Å². The topological polar surface area (TPSA) is 55.8 Å². The second-order valence-electron chi connectivity index (χ2n) is 6.69. The minimum absolute atomic E-state index is 0.0186. The highest BCUT2D eigenvalue weighted by Crippen LogP contribution is 2.24. The Bertz CT molecular complexity index is 494. The van der Waals surface area contributed by atoms with E-state index in [9.17, 15) is 4.79 Å². The second-order valence-corrected chi connectivity index (χ2v) is 6.69. The van der Waals surface area contributed by atoms with Crippen molar-refractivity contribution in [1.29, 1.82) is 0 Å². The van der Waals surface area contributed by atoms with E-state index in [2.05, 4.69) is 41.4 Å². The first-order valence-corrected chi connectivity index (χ1v) is 8.40. The van der Waals surface area contributed by atoms with Gasteiger partial charge in [0.2, 0.25) is 0 Å². The zero-order chi connectivity index (χ0) is 16.8. The highest BCUT2D eigenvalue weighted by molar-refractivity contribution is 5.74. The molecular weight excluding hydrogens is 290 g/mol. The normalized spacial score (nSPS) is 22.8. The lowest BCUT2D eigenvalue weighted by molar-refractivity contribution is 0.156. The molecule has 0 saturated carbocycles. The van der Waals surface area contributed by atoms with Crippen molar-refractivity contribution in [3.63, 3.8) is 0 Å². The summed E-state index contributed by atoms with van der Waals surface area (Å²) in [5.74, 6) is 0.482. The Morgan fingerprint density at radius 2 is 2.13 bits per heavy atom. The molecular formula is C18H29N3O2. The summed E-state index contributed by atoms with van der Waals surface area (Å²) < 4.78 is 0. The van der Waals surface area contributed by atoms with Crippen LogP contribution in [0.25, 0.3) is 0 Å². The molecule has 0 aromatic heterocycles. The highest BCUT2D eigenvalue weighted by Gasteiger charge is 2.29. The van der Waals surface area contributed by atoms with Crippen molar-refractivity contribution in [3.05, 3.63) is 35.9 Å². The molecule has 0 spiro atoms. The molecule has 1 aromatic rings. The van der Waals surface area contributed by atoms with Crippen molar-refractivity contribution in [2.24, 2.45) is 5.92 Å². The summed E-state index contributed by atoms with van der Waals surface area (Å²) in [6.07, 6.45) is 1.10. The molecule has 2 rings (SSSR count). The number of urea groups is 1. The van der Waals surface area contributed by atoms with Gasteiger partial charge in [0.25, 0.3) is 0 Å². The first kappa shape index (κ1) is 17.8. The number of carbonyl (C=O) groups excluding carboxylic acids is 1. The van der Waals surface area contributed by atoms with Gasteiger partial charge in [-0.15, -0.1) is 0 Å². The fourth-order valence-corrected chi connectivity index (χ4v) is 3.08. The van der Waals surface area contributed by atoms with Gasteiger partial charge in [-0.2, -0.15) is 0 Å². The fraction of sp³-hybridized carbons (Fsp3) is 0.611. The van der Waals surface area contributed by atoms with Gasteiger partial charge < -0.3 is 15.3 Å². The molecule has 1 aromatic carbocycles. The molecule has 0 radical (unpaired) electrons. The number of hydrogen-bond acceptors (Lipinski definition) is 3. The number of aliphatic hydroxyl groups excluding tert-OH is 1. The highest BCUT2D eigenvalue weighted by atomic mass is 16.3. The van der Waals surface area contributed by atoms with Crippen LogP contribution in [-0.4, -0.2) is 59.8 Å². The summed E-state index contributed by atoms with van der Waals surface area (Å²) >= 11 is 0. The average Bonchev–Trinajstić information content (AvgIpc) is 2.92. The Morgan fingerprint density at radius 1 is 1.43 bits per heavy atom. The van der Waals surface area contributed by atoms with Crippen LogP contribution < -0.4 is 5.32 Å². The lowest BCUT2D eigenvalue weighted by Crippen LogP contribution is -2.45. The molecule has 0 aliphatic carbocycles. The largest absolute Gasteiger partial charge is 0.394 e. The zero-order valence-corrected chi connectivity index (χ0v) is 14.4. The molecule has 1 heterocycles. The van der Waals surface area contributed by atoms with E-state index in [1.165, 1.54) is 5.56 Å². The molecule has 1 fully saturated rings. The molecule has 1 aliphatic heterocycles. The first-order chi connectivity index (χ1) is 11.0. The van der Waals surface area contributed by atoms with Crippen LogP contribution in [-0.2, 0) is 6.54 Å². The number of nitrogens with zero attached hydrogens (tertiary/aromatic N) is 2. The molecule has 5 nitrogen and oxygen atoms in total. The number of likely N-dealkylation sites (tertiary alicyclic amines) is 1. The number of nitrogens with one attached hydrogen (secondary N) is 1. The standard InChI is InChI=1S/C18H29N3O2/c1-14-9-17(10-19-18(23)20(3)15(2)13-22)12-21(14)11-16-7-5-4-6-8-16/h4-8,14-15,17,22H,9-13H2,1-3H3,(H,19,23). The molecule has 3 unspecified atom stereocenters. The maximum Gasteiger partial charge on any atom is 0.317 e. The lowest BCUT2D eigenvalue weighted by Gasteiger charge is -2.24. The summed E-state index contributed by atoms with van der Waals surface area (Å²) in [5.41, 5.74) is 1.33. The van der Waals surface area contributed by atoms with Crippen molar-refractivity contribution in [2.75, 3.05) is 26.7 Å². The number of benzene rings is 1. The van der Waals surface area contributed by atoms with E-state index in [-0.39, 0.29) is 18.7 Å². The molecule has 2 amide bonds. The number of amides is 2. The van der Waals surface area contributed by atoms with Gasteiger partial charge in [0.15, 0.2) is 0 Å². The Balaban J connectivity index is 1.79. The van der Waals surface area contributed by atoms with E-state index in [1.54, 1.807) is 11.9 Å². The fourth-order valence-electron chi connectivity index (χ4n) is 3.08. The van der Waals surface area contributed by atoms with E-state index in [4.69, 9.17) is 5.11 Å². The molecule has 5 heteroatoms. The van der Waals surface area contributed by atoms with Crippen molar-refractivity contribution in [1.82, 2.24) is 15.1 Å². The van der Waals surface area contributed by atoms with Gasteiger partial charge in [-0.1, -0.05) is 30.3 Å². The monoisotopic (exact) mass is 319 g/mol. The smallest absolute Gasteiger partial charge is 0.317 e. The molecule has 0 bridgehead atoms. The SMILES string of the molecule is CC1CC(CNC(=O)N(C)C(C)CO)CN1Cc1ccccc1. The van der Waals surface area contributed by atoms with Crippen LogP contribution in [0.3, 0.4) is 0 Å². The maximum absolute atomic E-state index is 12.0. The summed E-state index contributed by atoms with van der Waals surface area (Å²) in [6, 6.07) is 10.8. The van der Waals surface area contributed by atoms with Gasteiger partial charge in [-0.25, -0.2) is 4.79 Å². The summed E-state index contributed by atoms with van der Waals surface area (Å²) in [4.78, 5) is 16.1. The third-order valence-corrected chi connectivity index (χ3v) is 4.81. The van der Waals surface area contributed by atoms with Crippen LogP contribution in [0.4, 0.5) is 4.79 Å². The van der Waals surface area contributed by atoms with Crippen LogP contribution in [0.1, 0.15) is 25.8 Å². The number of hydrogen-bond donors (Lipinski definition) is 2. The van der Waals surface area contributed by atoms with Crippen molar-refractivity contribution < 1.29 is 9.90 Å². The zero-order valence-electron chi connectivity index (χ0n) is 14.4. The quantitative estimate of drug-likeness (QED) is 0.842. The van der Waals surface area contributed by atoms with Crippen LogP contribution in [0.2, 0.25) is 0 Å². The van der Waals surface area contributed by atoms with Gasteiger partial charge in [0, 0.05) is 32.7 Å². The van der Waals surface area contributed by atoms with Crippen LogP contribution >= 0.6 is 0 Å². The Labute approximate surface area is 139 Å². The van der Waals surface area contributed by atoms with Gasteiger partial charge >= 0.3 is 6.03 Å². The molecule has 128 valence electrons. The molecule has 3 atom stereocenters. The minimum Gasteiger partial charge on any atom is -0.394 e. The maximum atomic E-state index is 12.0. The number of rotatable bonds is 6. The van der Waals surface area contributed by atoms with E-state index >= 15 is 0 Å². The summed E-state index contributed by atoms with van der Waals surface area (Å²) in [7, 11) is 1.72. The van der Waals surface area contributed by atoms with Gasteiger partial charge in [0.1, 0.15) is 0 Å².